The van der Waals surface area contributed by atoms with Crippen LogP contribution in [0.1, 0.15) is 263 Å². The molecule has 17 heteroatoms. The molecule has 0 amide bonds. The van der Waals surface area contributed by atoms with E-state index < -0.39 is 16.8 Å². The van der Waals surface area contributed by atoms with Crippen molar-refractivity contribution in [2.75, 3.05) is 0 Å². The summed E-state index contributed by atoms with van der Waals surface area (Å²) in [6.45, 7) is 16.9. The molecule has 0 unspecified atom stereocenters. The van der Waals surface area contributed by atoms with Crippen LogP contribution in [0.25, 0.3) is 0 Å². The molecule has 12 aliphatic carbocycles. The lowest BCUT2D eigenvalue weighted by Crippen LogP contribution is -2.51. The third kappa shape index (κ3) is 12.9. The maximum Gasteiger partial charge on any atom is 0.181 e. The number of hydrogen-bond donors (Lipinski definition) is 3. The third-order valence-electron chi connectivity index (χ3n) is 29.4. The third-order valence-corrected chi connectivity index (χ3v) is 29.4. The van der Waals surface area contributed by atoms with E-state index in [1.807, 2.05) is 20.8 Å². The van der Waals surface area contributed by atoms with Gasteiger partial charge in [-0.3, -0.25) is 28.7 Å². The standard InChI is InChI=1S/2C25H37N3O3.C25H35N3O2.CH4/c2*1-15(29)22-13-28(27-26-22)14-23(30)21-7-6-20-19-5-4-16-12-24(2,31)10-8-17(16)18(19)9-11-25(20,21)3;1-24(30)9-7-18-17(11-24)3-4-20-19(18)8-10-25(2)21(20)5-6-22(25)23(29)15-28-14-16(12-26)13-27-28;/h2*13,16-21,31H,4-12,14H2,1-3H3;13-14,17-22,30H,3-11,15H2,1-2H3;1H4/t2*16-,17+,18-,19-,20+,21-,24-,25+;17-,18+,19-,20-,21+,22-,24-,25+;/m111./s1. The van der Waals surface area contributed by atoms with Crippen LogP contribution < -0.4 is 0 Å². The number of fused-ring (bicyclic) bond motifs is 15. The molecular formula is C76H113N9O8. The summed E-state index contributed by atoms with van der Waals surface area (Å²) in [6, 6.07) is 2.09. The van der Waals surface area contributed by atoms with Crippen LogP contribution in [-0.2, 0) is 34.0 Å². The van der Waals surface area contributed by atoms with Gasteiger partial charge in [-0.15, -0.1) is 10.2 Å². The number of nitrogens with zero attached hydrogens (tertiary/aromatic N) is 9. The molecule has 24 atom stereocenters. The van der Waals surface area contributed by atoms with Crippen molar-refractivity contribution in [2.24, 2.45) is 123 Å². The van der Waals surface area contributed by atoms with Crippen LogP contribution >= 0.6 is 0 Å². The Kier molecular flexibility index (Phi) is 19.0. The Hall–Kier alpha value is -4.79. The topological polar surface area (TPSA) is 249 Å². The number of nitriles is 1. The molecule has 17 nitrogen and oxygen atoms in total. The molecule has 0 spiro atoms. The highest BCUT2D eigenvalue weighted by atomic mass is 16.3. The average Bonchev–Trinajstić information content (AvgIpc) is 1.67. The van der Waals surface area contributed by atoms with Crippen LogP contribution in [0.4, 0.5) is 0 Å². The number of Topliss-reactive ketones (excluding diaryl/α,β-unsaturated/α-hetero) is 5. The van der Waals surface area contributed by atoms with E-state index in [-0.39, 0.29) is 77.6 Å². The first-order chi connectivity index (χ1) is 43.7. The highest BCUT2D eigenvalue weighted by Gasteiger charge is 2.62. The van der Waals surface area contributed by atoms with Crippen molar-refractivity contribution >= 4 is 28.9 Å². The Labute approximate surface area is 553 Å². The summed E-state index contributed by atoms with van der Waals surface area (Å²) in [4.78, 5) is 62.9. The minimum absolute atomic E-state index is 0. The maximum atomic E-state index is 13.3. The Balaban J connectivity index is 0.000000133. The fraction of sp³-hybridized carbons (Fsp3) is 0.829. The van der Waals surface area contributed by atoms with Gasteiger partial charge >= 0.3 is 0 Å². The molecule has 0 aliphatic heterocycles. The molecule has 3 aromatic heterocycles. The predicted molar refractivity (Wildman–Crippen MR) is 352 cm³/mol. The van der Waals surface area contributed by atoms with Crippen LogP contribution in [0.5, 0.6) is 0 Å². The smallest absolute Gasteiger partial charge is 0.181 e. The van der Waals surface area contributed by atoms with Crippen molar-refractivity contribution in [3.05, 3.63) is 41.7 Å². The summed E-state index contributed by atoms with van der Waals surface area (Å²) in [7, 11) is 0. The molecule has 3 heterocycles. The summed E-state index contributed by atoms with van der Waals surface area (Å²) in [6.07, 6.45) is 37.0. The first-order valence-corrected chi connectivity index (χ1v) is 36.7. The second-order valence-electron chi connectivity index (χ2n) is 34.7. The second kappa shape index (κ2) is 25.9. The average molecular weight is 1280 g/mol. The van der Waals surface area contributed by atoms with Crippen LogP contribution in [0, 0.1) is 134 Å². The van der Waals surface area contributed by atoms with Crippen molar-refractivity contribution in [3.8, 4) is 6.07 Å². The zero-order valence-corrected chi connectivity index (χ0v) is 56.8. The van der Waals surface area contributed by atoms with Gasteiger partial charge in [-0.05, 0) is 299 Å². The second-order valence-corrected chi connectivity index (χ2v) is 34.7. The summed E-state index contributed by atoms with van der Waals surface area (Å²) >= 11 is 0. The lowest BCUT2D eigenvalue weighted by molar-refractivity contribution is -0.133. The van der Waals surface area contributed by atoms with Crippen molar-refractivity contribution in [1.29, 1.82) is 5.26 Å². The molecule has 0 saturated heterocycles. The highest BCUT2D eigenvalue weighted by molar-refractivity contribution is 5.92. The molecule has 0 radical (unpaired) electrons. The van der Waals surface area contributed by atoms with Gasteiger partial charge in [-0.2, -0.15) is 10.4 Å². The molecule has 0 aromatic carbocycles. The molecule has 93 heavy (non-hydrogen) atoms. The number of carbonyl (C=O) groups excluding carboxylic acids is 5. The summed E-state index contributed by atoms with van der Waals surface area (Å²) in [5.74, 6) is 11.9. The van der Waals surface area contributed by atoms with Gasteiger partial charge in [-0.25, -0.2) is 9.36 Å². The van der Waals surface area contributed by atoms with Gasteiger partial charge in [-0.1, -0.05) is 38.6 Å². The molecule has 510 valence electrons. The van der Waals surface area contributed by atoms with Crippen LogP contribution in [0.2, 0.25) is 0 Å². The molecule has 12 saturated carbocycles. The van der Waals surface area contributed by atoms with Crippen LogP contribution in [0.15, 0.2) is 24.8 Å². The number of carbonyl (C=O) groups is 5. The van der Waals surface area contributed by atoms with Crippen molar-refractivity contribution in [3.63, 3.8) is 0 Å². The van der Waals surface area contributed by atoms with Crippen molar-refractivity contribution in [2.45, 2.75) is 273 Å². The van der Waals surface area contributed by atoms with E-state index >= 15 is 0 Å². The van der Waals surface area contributed by atoms with E-state index in [9.17, 15) is 39.3 Å². The number of aliphatic hydroxyl groups is 3. The maximum absolute atomic E-state index is 13.3. The van der Waals surface area contributed by atoms with Crippen LogP contribution in [0.3, 0.4) is 0 Å². The molecule has 3 N–H and O–H groups in total. The molecule has 3 aromatic rings. The largest absolute Gasteiger partial charge is 0.390 e. The fourth-order valence-electron chi connectivity index (χ4n) is 25.2. The van der Waals surface area contributed by atoms with Gasteiger partial charge in [0.2, 0.25) is 0 Å². The minimum atomic E-state index is -0.467. The van der Waals surface area contributed by atoms with Gasteiger partial charge < -0.3 is 15.3 Å². The summed E-state index contributed by atoms with van der Waals surface area (Å²) in [5, 5.41) is 60.7. The lowest BCUT2D eigenvalue weighted by atomic mass is 9.49. The number of aromatic nitrogens is 8. The van der Waals surface area contributed by atoms with Gasteiger partial charge in [0, 0.05) is 37.8 Å². The van der Waals surface area contributed by atoms with E-state index in [1.165, 1.54) is 116 Å². The van der Waals surface area contributed by atoms with E-state index in [0.717, 1.165) is 130 Å². The molecule has 15 rings (SSSR count). The van der Waals surface area contributed by atoms with Crippen LogP contribution in [-0.4, -0.2) is 101 Å². The lowest BCUT2D eigenvalue weighted by Gasteiger charge is -2.56. The highest BCUT2D eigenvalue weighted by Crippen LogP contribution is 2.68. The quantitative estimate of drug-likeness (QED) is 0.151. The van der Waals surface area contributed by atoms with E-state index in [0.29, 0.717) is 64.8 Å². The van der Waals surface area contributed by atoms with Gasteiger partial charge in [0.25, 0.3) is 0 Å². The number of hydrogen-bond acceptors (Lipinski definition) is 14. The Morgan fingerprint density at radius 2 is 0.763 bits per heavy atom. The van der Waals surface area contributed by atoms with Crippen molar-refractivity contribution in [1.82, 2.24) is 39.8 Å². The Morgan fingerprint density at radius 3 is 1.06 bits per heavy atom. The predicted octanol–water partition coefficient (Wildman–Crippen LogP) is 13.1. The summed E-state index contributed by atoms with van der Waals surface area (Å²) in [5.41, 5.74) is 0.0826. The summed E-state index contributed by atoms with van der Waals surface area (Å²) < 4.78 is 4.73. The van der Waals surface area contributed by atoms with E-state index in [4.69, 9.17) is 5.26 Å². The fourth-order valence-corrected chi connectivity index (χ4v) is 25.2. The zero-order chi connectivity index (χ0) is 65.0. The van der Waals surface area contributed by atoms with E-state index in [1.54, 1.807) is 32.6 Å². The van der Waals surface area contributed by atoms with Crippen molar-refractivity contribution < 1.29 is 39.3 Å². The SMILES string of the molecule is C.CC(=O)c1cn(CC(=O)[C@H]2CC[C@H]3[C@@H]4CC[C@@H]5C[C@](C)(O)CC[C@@H]5[C@H]4CC[C@]23C)nn1.CC(=O)c1cn(CC(=O)[C@H]2CC[C@H]3[C@@H]4CC[C@@H]5C[C@](C)(O)CC[C@@H]5[C@H]4CC[C@]23C)nn1.C[C@@]1(O)CC[C@H]2[C@H](CC[C@@H]3[C@@H]2CC[C@]2(C)[C@@H](C(=O)Cn4cc(C#N)cn4)CC[C@@H]32)C1. The van der Waals surface area contributed by atoms with Gasteiger partial charge in [0.1, 0.15) is 30.5 Å². The zero-order valence-electron chi connectivity index (χ0n) is 56.8. The Bertz CT molecular complexity index is 3160. The first-order valence-electron chi connectivity index (χ1n) is 36.7. The van der Waals surface area contributed by atoms with Gasteiger partial charge in [0.05, 0.1) is 47.5 Å². The molecule has 12 aliphatic rings. The number of ketones is 5. The van der Waals surface area contributed by atoms with E-state index in [2.05, 4.69) is 52.6 Å². The number of rotatable bonds is 11. The van der Waals surface area contributed by atoms with Gasteiger partial charge in [0.15, 0.2) is 28.9 Å². The molecule has 0 bridgehead atoms. The Morgan fingerprint density at radius 1 is 0.441 bits per heavy atom. The molecular weight excluding hydrogens is 1170 g/mol. The minimum Gasteiger partial charge on any atom is -0.390 e. The monoisotopic (exact) mass is 1280 g/mol. The first kappa shape index (κ1) is 68.2. The normalized spacial score (nSPS) is 44.1. The molecule has 12 fully saturated rings.